The third-order valence-electron chi connectivity index (χ3n) is 9.81. The van der Waals surface area contributed by atoms with Gasteiger partial charge in [-0.05, 0) is 192 Å². The lowest BCUT2D eigenvalue weighted by atomic mass is 10.0. The van der Waals surface area contributed by atoms with Gasteiger partial charge in [0.15, 0.2) is 0 Å². The first kappa shape index (κ1) is 51.8. The number of hydrogen-bond acceptors (Lipinski definition) is 1. The van der Waals surface area contributed by atoms with Gasteiger partial charge in [0.2, 0.25) is 0 Å². The minimum atomic E-state index is 0. The van der Waals surface area contributed by atoms with Crippen molar-refractivity contribution in [2.75, 3.05) is 6.54 Å². The molecule has 0 spiro atoms. The summed E-state index contributed by atoms with van der Waals surface area (Å²) >= 11 is 0. The minimum Gasteiger partial charge on any atom is -0.327 e. The van der Waals surface area contributed by atoms with Crippen LogP contribution < -0.4 is 5.73 Å². The summed E-state index contributed by atoms with van der Waals surface area (Å²) in [5, 5.41) is 0. The van der Waals surface area contributed by atoms with Gasteiger partial charge in [0.25, 0.3) is 0 Å². The fourth-order valence-electron chi connectivity index (χ4n) is 6.08. The Labute approximate surface area is 331 Å². The van der Waals surface area contributed by atoms with Crippen LogP contribution in [0.1, 0.15) is 192 Å². The van der Waals surface area contributed by atoms with Gasteiger partial charge < -0.3 is 5.73 Å². The Morgan fingerprint density at radius 3 is 0.577 bits per heavy atom. The summed E-state index contributed by atoms with van der Waals surface area (Å²) in [5.41, 5.74) is 20.6. The van der Waals surface area contributed by atoms with Gasteiger partial charge in [0, 0.05) is 6.54 Å². The van der Waals surface area contributed by atoms with Gasteiger partial charge in [-0.25, -0.2) is 0 Å². The Balaban J connectivity index is 0. The molecule has 0 aromatic carbocycles. The van der Waals surface area contributed by atoms with Crippen molar-refractivity contribution in [3.05, 3.63) is 116 Å². The van der Waals surface area contributed by atoms with E-state index in [1.165, 1.54) is 120 Å². The van der Waals surface area contributed by atoms with E-state index in [9.17, 15) is 0 Å². The largest absolute Gasteiger partial charge is 0.327 e. The molecule has 52 heavy (non-hydrogen) atoms. The van der Waals surface area contributed by atoms with Crippen molar-refractivity contribution in [2.24, 2.45) is 5.73 Å². The highest BCUT2D eigenvalue weighted by Gasteiger charge is 1.98. The summed E-state index contributed by atoms with van der Waals surface area (Å²) in [5.74, 6) is 0. The minimum absolute atomic E-state index is 0. The van der Waals surface area contributed by atoms with Crippen LogP contribution in [0.3, 0.4) is 0 Å². The molecule has 0 heterocycles. The smallest absolute Gasteiger partial charge is 0.0109 e. The second-order valence-electron chi connectivity index (χ2n) is 15.8. The van der Waals surface area contributed by atoms with Crippen molar-refractivity contribution >= 4 is 12.4 Å². The van der Waals surface area contributed by atoms with Gasteiger partial charge in [-0.2, -0.15) is 0 Å². The summed E-state index contributed by atoms with van der Waals surface area (Å²) in [6, 6.07) is 0. The molecule has 0 radical (unpaired) electrons. The van der Waals surface area contributed by atoms with Crippen LogP contribution in [0, 0.1) is 0 Å². The Morgan fingerprint density at radius 1 is 0.269 bits per heavy atom. The maximum Gasteiger partial charge on any atom is 0.0109 e. The first-order valence-electron chi connectivity index (χ1n) is 20.6. The number of hydrogen-bond donors (Lipinski definition) is 1. The molecule has 0 rings (SSSR count). The van der Waals surface area contributed by atoms with E-state index in [2.05, 4.69) is 137 Å². The third-order valence-corrected chi connectivity index (χ3v) is 9.81. The van der Waals surface area contributed by atoms with Gasteiger partial charge >= 0.3 is 0 Å². The third kappa shape index (κ3) is 34.7. The number of halogens is 1. The molecule has 0 aliphatic carbocycles. The summed E-state index contributed by atoms with van der Waals surface area (Å²) in [4.78, 5) is 0. The quantitative estimate of drug-likeness (QED) is 0.0796. The van der Waals surface area contributed by atoms with Gasteiger partial charge in [-0.3, -0.25) is 0 Å². The summed E-state index contributed by atoms with van der Waals surface area (Å²) in [7, 11) is 0. The molecule has 2 N–H and O–H groups in total. The van der Waals surface area contributed by atoms with E-state index in [0.717, 1.165) is 51.4 Å². The number of nitrogens with two attached hydrogens (primary N) is 1. The molecule has 1 nitrogen and oxygen atoms in total. The maximum absolute atomic E-state index is 5.60. The molecule has 2 heteroatoms. The average Bonchev–Trinajstić information content (AvgIpc) is 3.04. The van der Waals surface area contributed by atoms with Gasteiger partial charge in [0.05, 0.1) is 0 Å². The molecule has 0 aromatic rings. The van der Waals surface area contributed by atoms with Crippen LogP contribution in [-0.4, -0.2) is 6.54 Å². The first-order valence-corrected chi connectivity index (χ1v) is 20.6. The molecule has 0 saturated heterocycles. The van der Waals surface area contributed by atoms with Crippen LogP contribution in [0.4, 0.5) is 0 Å². The van der Waals surface area contributed by atoms with Crippen molar-refractivity contribution in [3.8, 4) is 0 Å². The Kier molecular flexibility index (Phi) is 34.3. The van der Waals surface area contributed by atoms with E-state index >= 15 is 0 Å². The topological polar surface area (TPSA) is 26.0 Å². The molecule has 0 atom stereocenters. The van der Waals surface area contributed by atoms with Crippen molar-refractivity contribution in [3.63, 3.8) is 0 Å². The van der Waals surface area contributed by atoms with E-state index < -0.39 is 0 Å². The van der Waals surface area contributed by atoms with Crippen molar-refractivity contribution < 1.29 is 0 Å². The molecule has 0 fully saturated rings. The summed E-state index contributed by atoms with van der Waals surface area (Å²) in [6.07, 6.45) is 45.0. The first-order chi connectivity index (χ1) is 24.3. The second-order valence-corrected chi connectivity index (χ2v) is 15.8. The van der Waals surface area contributed by atoms with Crippen LogP contribution in [0.5, 0.6) is 0 Å². The molecule has 0 aromatic heterocycles. The second kappa shape index (κ2) is 34.4. The van der Waals surface area contributed by atoms with Crippen molar-refractivity contribution in [1.29, 1.82) is 0 Å². The fraction of sp³-hybridized carbons (Fsp3) is 0.600. The Morgan fingerprint density at radius 2 is 0.423 bits per heavy atom. The predicted molar refractivity (Wildman–Crippen MR) is 243 cm³/mol. The molecule has 0 saturated carbocycles. The van der Waals surface area contributed by atoms with Crippen LogP contribution in [0.15, 0.2) is 116 Å². The average molecular weight is 735 g/mol. The monoisotopic (exact) mass is 734 g/mol. The highest BCUT2D eigenvalue weighted by atomic mass is 35.5. The van der Waals surface area contributed by atoms with E-state index in [1.807, 2.05) is 0 Å². The molecular formula is C50H84ClN. The maximum atomic E-state index is 5.60. The van der Waals surface area contributed by atoms with Crippen LogP contribution in [0.25, 0.3) is 0 Å². The summed E-state index contributed by atoms with van der Waals surface area (Å²) in [6.45, 7) is 25.5. The van der Waals surface area contributed by atoms with Gasteiger partial charge in [-0.15, -0.1) is 12.4 Å². The van der Waals surface area contributed by atoms with E-state index in [1.54, 1.807) is 0 Å². The lowest BCUT2D eigenvalue weighted by Gasteiger charge is -2.04. The number of allylic oxidation sites excluding steroid dienone is 19. The molecular weight excluding hydrogens is 650 g/mol. The lowest BCUT2D eigenvalue weighted by molar-refractivity contribution is 0.879. The predicted octanol–water partition coefficient (Wildman–Crippen LogP) is 16.9. The zero-order chi connectivity index (χ0) is 38.3. The zero-order valence-electron chi connectivity index (χ0n) is 36.2. The van der Waals surface area contributed by atoms with Crippen molar-refractivity contribution in [2.45, 2.75) is 192 Å². The van der Waals surface area contributed by atoms with Crippen LogP contribution in [-0.2, 0) is 0 Å². The highest BCUT2D eigenvalue weighted by Crippen LogP contribution is 2.18. The molecule has 0 bridgehead atoms. The molecule has 0 unspecified atom stereocenters. The normalized spacial score (nSPS) is 14.6. The van der Waals surface area contributed by atoms with E-state index in [4.69, 9.17) is 5.73 Å². The van der Waals surface area contributed by atoms with Crippen molar-refractivity contribution in [1.82, 2.24) is 0 Å². The van der Waals surface area contributed by atoms with Gasteiger partial charge in [0.1, 0.15) is 0 Å². The van der Waals surface area contributed by atoms with Crippen LogP contribution >= 0.6 is 12.4 Å². The standard InChI is InChI=1S/C50H83N.ClH/c1-41(2)21-12-22-42(3)23-13-24-43(4)25-14-26-44(5)27-15-28-45(6)29-16-30-46(7)31-17-32-47(8)33-18-34-48(9)35-19-36-49(10)37-20-38-50(11)39-40-51;/h21,23,25,27,29,31,33,35,37,39H,12-20,22,24,26,28,30,32,34,36,38,40,51H2,1-11H3;1H/b42-23+,43-25+,44-27+,45-29+,46-31+,47-33+,48-35+,49-37+,50-39+;. The fourth-order valence-corrected chi connectivity index (χ4v) is 6.08. The van der Waals surface area contributed by atoms with Gasteiger partial charge in [-0.1, -0.05) is 116 Å². The Bertz CT molecular complexity index is 1260. The van der Waals surface area contributed by atoms with Crippen LogP contribution in [0.2, 0.25) is 0 Å². The van der Waals surface area contributed by atoms with E-state index in [0.29, 0.717) is 6.54 Å². The molecule has 0 aliphatic rings. The molecule has 296 valence electrons. The Hall–Kier alpha value is -2.35. The van der Waals surface area contributed by atoms with E-state index in [-0.39, 0.29) is 12.4 Å². The zero-order valence-corrected chi connectivity index (χ0v) is 37.0. The number of rotatable bonds is 28. The lowest BCUT2D eigenvalue weighted by Crippen LogP contribution is -1.94. The highest BCUT2D eigenvalue weighted by molar-refractivity contribution is 5.85. The summed E-state index contributed by atoms with van der Waals surface area (Å²) < 4.78 is 0. The molecule has 0 aliphatic heterocycles. The molecule has 0 amide bonds. The SMILES string of the molecule is CC(C)=CCC/C(C)=C/CC/C(C)=C/CC/C(C)=C/CC/C(C)=C/CC/C(C)=C/CC/C(C)=C/CC/C(C)=C/CC/C(C)=C/CC/C(C)=C/CN.Cl.